The van der Waals surface area contributed by atoms with Gasteiger partial charge in [-0.2, -0.15) is 0 Å². The molecule has 2 heterocycles. The lowest BCUT2D eigenvalue weighted by Gasteiger charge is -2.07. The summed E-state index contributed by atoms with van der Waals surface area (Å²) in [5.41, 5.74) is 1.17. The Hall–Kier alpha value is -2.60. The molecule has 0 saturated heterocycles. The summed E-state index contributed by atoms with van der Waals surface area (Å²) in [4.78, 5) is 12.4. The highest BCUT2D eigenvalue weighted by atomic mass is 35.5. The van der Waals surface area contributed by atoms with Crippen molar-refractivity contribution in [1.29, 1.82) is 0 Å². The van der Waals surface area contributed by atoms with Crippen LogP contribution in [0.5, 0.6) is 11.5 Å². The van der Waals surface area contributed by atoms with E-state index in [0.29, 0.717) is 27.4 Å². The minimum Gasteiger partial charge on any atom is -0.454 e. The van der Waals surface area contributed by atoms with Gasteiger partial charge in [0.25, 0.3) is 5.56 Å². The van der Waals surface area contributed by atoms with Gasteiger partial charge in [0.2, 0.25) is 6.79 Å². The number of halogens is 1. The SMILES string of the molecule is O=c1c2ccccc2nnn1Cc1cc(Cl)c2c(c1)OCO2. The van der Waals surface area contributed by atoms with Crippen molar-refractivity contribution in [1.82, 2.24) is 15.0 Å². The van der Waals surface area contributed by atoms with Crippen molar-refractivity contribution < 1.29 is 9.47 Å². The summed E-state index contributed by atoms with van der Waals surface area (Å²) < 4.78 is 11.9. The lowest BCUT2D eigenvalue weighted by molar-refractivity contribution is 0.174. The third-order valence-electron chi connectivity index (χ3n) is 3.45. The number of hydrogen-bond acceptors (Lipinski definition) is 5. The zero-order valence-electron chi connectivity index (χ0n) is 11.3. The molecule has 7 heteroatoms. The average molecular weight is 316 g/mol. The molecule has 22 heavy (non-hydrogen) atoms. The Morgan fingerprint density at radius 1 is 1.23 bits per heavy atom. The molecule has 0 atom stereocenters. The van der Waals surface area contributed by atoms with Crippen molar-refractivity contribution in [2.24, 2.45) is 0 Å². The van der Waals surface area contributed by atoms with E-state index in [4.69, 9.17) is 21.1 Å². The Kier molecular flexibility index (Phi) is 2.97. The van der Waals surface area contributed by atoms with Crippen molar-refractivity contribution in [2.45, 2.75) is 6.54 Å². The van der Waals surface area contributed by atoms with E-state index in [1.54, 1.807) is 30.3 Å². The lowest BCUT2D eigenvalue weighted by atomic mass is 10.2. The first-order chi connectivity index (χ1) is 10.7. The molecule has 4 rings (SSSR count). The van der Waals surface area contributed by atoms with Gasteiger partial charge in [-0.1, -0.05) is 28.9 Å². The molecular formula is C15H10ClN3O3. The summed E-state index contributed by atoms with van der Waals surface area (Å²) in [5.74, 6) is 1.10. The van der Waals surface area contributed by atoms with Gasteiger partial charge < -0.3 is 9.47 Å². The summed E-state index contributed by atoms with van der Waals surface area (Å²) in [6.45, 7) is 0.404. The maximum atomic E-state index is 12.4. The third-order valence-corrected chi connectivity index (χ3v) is 3.73. The Bertz CT molecular complexity index is 939. The average Bonchev–Trinajstić information content (AvgIpc) is 2.99. The standard InChI is InChI=1S/C15H10ClN3O3/c16-11-5-9(6-13-14(11)22-8-21-13)7-19-15(20)10-3-1-2-4-12(10)17-18-19/h1-6H,7-8H2. The molecule has 0 saturated carbocycles. The van der Waals surface area contributed by atoms with E-state index in [1.165, 1.54) is 4.68 Å². The molecule has 1 aromatic heterocycles. The van der Waals surface area contributed by atoms with E-state index in [0.717, 1.165) is 5.56 Å². The van der Waals surface area contributed by atoms with Crippen LogP contribution >= 0.6 is 11.6 Å². The van der Waals surface area contributed by atoms with Crippen molar-refractivity contribution in [3.63, 3.8) is 0 Å². The second-order valence-corrected chi connectivity index (χ2v) is 5.29. The van der Waals surface area contributed by atoms with Gasteiger partial charge in [-0.05, 0) is 29.8 Å². The topological polar surface area (TPSA) is 66.2 Å². The molecule has 2 aromatic carbocycles. The van der Waals surface area contributed by atoms with Gasteiger partial charge >= 0.3 is 0 Å². The molecule has 3 aromatic rings. The van der Waals surface area contributed by atoms with E-state index >= 15 is 0 Å². The summed E-state index contributed by atoms with van der Waals surface area (Å²) >= 11 is 6.15. The molecule has 0 unspecified atom stereocenters. The fourth-order valence-corrected chi connectivity index (χ4v) is 2.70. The van der Waals surface area contributed by atoms with E-state index in [9.17, 15) is 4.79 Å². The molecule has 0 N–H and O–H groups in total. The zero-order valence-corrected chi connectivity index (χ0v) is 12.1. The van der Waals surface area contributed by atoms with Crippen LogP contribution in [0.2, 0.25) is 5.02 Å². The maximum Gasteiger partial charge on any atom is 0.277 e. The quantitative estimate of drug-likeness (QED) is 0.725. The summed E-state index contributed by atoms with van der Waals surface area (Å²) in [6.07, 6.45) is 0. The maximum absolute atomic E-state index is 12.4. The Morgan fingerprint density at radius 2 is 2.09 bits per heavy atom. The molecular weight excluding hydrogens is 306 g/mol. The Balaban J connectivity index is 1.77. The number of benzene rings is 2. The predicted molar refractivity (Wildman–Crippen MR) is 80.5 cm³/mol. The van der Waals surface area contributed by atoms with Crippen LogP contribution in [-0.4, -0.2) is 21.8 Å². The highest BCUT2D eigenvalue weighted by Gasteiger charge is 2.18. The number of ether oxygens (including phenoxy) is 2. The number of aromatic nitrogens is 3. The molecule has 0 aliphatic carbocycles. The number of rotatable bonds is 2. The van der Waals surface area contributed by atoms with E-state index < -0.39 is 0 Å². The van der Waals surface area contributed by atoms with Crippen LogP contribution in [0.15, 0.2) is 41.2 Å². The molecule has 1 aliphatic heterocycles. The highest BCUT2D eigenvalue weighted by molar-refractivity contribution is 6.32. The first-order valence-corrected chi connectivity index (χ1v) is 7.01. The van der Waals surface area contributed by atoms with E-state index in [1.807, 2.05) is 6.07 Å². The van der Waals surface area contributed by atoms with Gasteiger partial charge in [0.1, 0.15) is 5.52 Å². The van der Waals surface area contributed by atoms with Gasteiger partial charge in [-0.25, -0.2) is 4.68 Å². The monoisotopic (exact) mass is 315 g/mol. The minimum absolute atomic E-state index is 0.147. The van der Waals surface area contributed by atoms with Gasteiger partial charge in [0.15, 0.2) is 11.5 Å². The van der Waals surface area contributed by atoms with Gasteiger partial charge in [0.05, 0.1) is 17.0 Å². The molecule has 0 fully saturated rings. The van der Waals surface area contributed by atoms with Crippen molar-refractivity contribution in [3.8, 4) is 11.5 Å². The second-order valence-electron chi connectivity index (χ2n) is 4.88. The molecule has 0 bridgehead atoms. The van der Waals surface area contributed by atoms with Crippen LogP contribution in [0.4, 0.5) is 0 Å². The van der Waals surface area contributed by atoms with Crippen LogP contribution in [0.25, 0.3) is 10.9 Å². The Labute approximate surface area is 129 Å². The van der Waals surface area contributed by atoms with Gasteiger partial charge in [-0.15, -0.1) is 5.10 Å². The first kappa shape index (κ1) is 13.1. The van der Waals surface area contributed by atoms with Crippen molar-refractivity contribution in [2.75, 3.05) is 6.79 Å². The summed E-state index contributed by atoms with van der Waals surface area (Å²) in [6, 6.07) is 10.6. The fourth-order valence-electron chi connectivity index (χ4n) is 2.41. The zero-order chi connectivity index (χ0) is 15.1. The minimum atomic E-state index is -0.195. The van der Waals surface area contributed by atoms with Crippen molar-refractivity contribution >= 4 is 22.5 Å². The highest BCUT2D eigenvalue weighted by Crippen LogP contribution is 2.39. The number of nitrogens with zero attached hydrogens (tertiary/aromatic N) is 3. The second kappa shape index (κ2) is 4.99. The van der Waals surface area contributed by atoms with Crippen LogP contribution in [0.1, 0.15) is 5.56 Å². The van der Waals surface area contributed by atoms with Crippen LogP contribution in [0, 0.1) is 0 Å². The molecule has 0 radical (unpaired) electrons. The Morgan fingerprint density at radius 3 is 3.00 bits per heavy atom. The first-order valence-electron chi connectivity index (χ1n) is 6.63. The van der Waals surface area contributed by atoms with Gasteiger partial charge in [-0.3, -0.25) is 4.79 Å². The van der Waals surface area contributed by atoms with Gasteiger partial charge in [0, 0.05) is 0 Å². The largest absolute Gasteiger partial charge is 0.454 e. The fraction of sp³-hybridized carbons (Fsp3) is 0.133. The molecule has 1 aliphatic rings. The normalized spacial score (nSPS) is 12.8. The van der Waals surface area contributed by atoms with Crippen LogP contribution in [-0.2, 0) is 6.54 Å². The third kappa shape index (κ3) is 2.08. The van der Waals surface area contributed by atoms with Crippen LogP contribution < -0.4 is 15.0 Å². The molecule has 0 spiro atoms. The van der Waals surface area contributed by atoms with Crippen LogP contribution in [0.3, 0.4) is 0 Å². The summed E-state index contributed by atoms with van der Waals surface area (Å²) in [5, 5.41) is 9.00. The molecule has 110 valence electrons. The molecule has 6 nitrogen and oxygen atoms in total. The van der Waals surface area contributed by atoms with E-state index in [2.05, 4.69) is 10.3 Å². The smallest absolute Gasteiger partial charge is 0.277 e. The van der Waals surface area contributed by atoms with Crippen molar-refractivity contribution in [3.05, 3.63) is 57.3 Å². The van der Waals surface area contributed by atoms with E-state index in [-0.39, 0.29) is 18.9 Å². The lowest BCUT2D eigenvalue weighted by Crippen LogP contribution is -2.24. The summed E-state index contributed by atoms with van der Waals surface area (Å²) in [7, 11) is 0. The number of hydrogen-bond donors (Lipinski definition) is 0. The molecule has 0 amide bonds. The number of fused-ring (bicyclic) bond motifs is 2. The predicted octanol–water partition coefficient (Wildman–Crippen LogP) is 2.22.